The maximum atomic E-state index is 10.6. The topological polar surface area (TPSA) is 55.1 Å². The van der Waals surface area contributed by atoms with Gasteiger partial charge in [0.2, 0.25) is 0 Å². The molecule has 5 heteroatoms. The first-order valence-corrected chi connectivity index (χ1v) is 7.61. The summed E-state index contributed by atoms with van der Waals surface area (Å²) in [6.45, 7) is 0. The lowest BCUT2D eigenvalue weighted by atomic mass is 10.0. The highest BCUT2D eigenvalue weighted by atomic mass is 32.2. The molecule has 3 aliphatic rings. The van der Waals surface area contributed by atoms with Crippen LogP contribution in [0.15, 0.2) is 17.6 Å². The van der Waals surface area contributed by atoms with Gasteiger partial charge >= 0.3 is 5.97 Å². The zero-order chi connectivity index (χ0) is 12.3. The monoisotopic (exact) mass is 264 g/mol. The summed E-state index contributed by atoms with van der Waals surface area (Å²) < 4.78 is 2.24. The van der Waals surface area contributed by atoms with Gasteiger partial charge in [-0.1, -0.05) is 11.8 Å². The average molecular weight is 264 g/mol. The molecule has 3 aliphatic carbocycles. The Labute approximate surface area is 110 Å². The van der Waals surface area contributed by atoms with Crippen LogP contribution in [-0.2, 0) is 4.79 Å². The molecule has 4 rings (SSSR count). The molecular formula is C13H16N2O2S. The molecule has 1 aromatic rings. The Bertz CT molecular complexity index is 485. The van der Waals surface area contributed by atoms with E-state index in [1.807, 2.05) is 6.20 Å². The third-order valence-corrected chi connectivity index (χ3v) is 5.94. The van der Waals surface area contributed by atoms with Gasteiger partial charge in [-0.3, -0.25) is 4.79 Å². The summed E-state index contributed by atoms with van der Waals surface area (Å²) >= 11 is 1.34. The van der Waals surface area contributed by atoms with E-state index >= 15 is 0 Å². The van der Waals surface area contributed by atoms with E-state index in [1.54, 1.807) is 6.20 Å². The zero-order valence-electron chi connectivity index (χ0n) is 10.0. The lowest BCUT2D eigenvalue weighted by molar-refractivity contribution is -0.133. The van der Waals surface area contributed by atoms with Crippen LogP contribution >= 0.6 is 11.8 Å². The van der Waals surface area contributed by atoms with Crippen molar-refractivity contribution in [1.29, 1.82) is 0 Å². The molecule has 1 N–H and O–H groups in total. The van der Waals surface area contributed by atoms with E-state index in [1.165, 1.54) is 31.0 Å². The minimum atomic E-state index is -0.773. The lowest BCUT2D eigenvalue weighted by Gasteiger charge is -2.12. The van der Waals surface area contributed by atoms with Crippen molar-refractivity contribution in [3.05, 3.63) is 12.4 Å². The first-order valence-electron chi connectivity index (χ1n) is 6.63. The third kappa shape index (κ3) is 1.46. The van der Waals surface area contributed by atoms with Crippen LogP contribution in [0.2, 0.25) is 0 Å². The van der Waals surface area contributed by atoms with E-state index in [-0.39, 0.29) is 5.75 Å². The fourth-order valence-electron chi connectivity index (χ4n) is 4.41. The Balaban J connectivity index is 1.53. The molecule has 0 saturated heterocycles. The second-order valence-corrected chi connectivity index (χ2v) is 6.72. The number of aromatic nitrogens is 2. The standard InChI is InChI=1S/C13H16N2O2S/c16-9(17)6-18-13-14-3-4-15(13)12-10-7-1-2-8(5-7)11(10)12/h3-4,7-8,10-12H,1-2,5-6H2,(H,16,17). The summed E-state index contributed by atoms with van der Waals surface area (Å²) in [5.74, 6) is 2.93. The molecule has 0 aromatic carbocycles. The van der Waals surface area contributed by atoms with Crippen molar-refractivity contribution in [3.8, 4) is 0 Å². The van der Waals surface area contributed by atoms with Gasteiger partial charge in [-0.15, -0.1) is 0 Å². The maximum Gasteiger partial charge on any atom is 0.313 e. The van der Waals surface area contributed by atoms with Gasteiger partial charge in [-0.2, -0.15) is 0 Å². The Hall–Kier alpha value is -0.970. The van der Waals surface area contributed by atoms with Gasteiger partial charge in [0, 0.05) is 18.4 Å². The van der Waals surface area contributed by atoms with Gasteiger partial charge in [0.25, 0.3) is 0 Å². The van der Waals surface area contributed by atoms with Gasteiger partial charge in [0.05, 0.1) is 5.75 Å². The molecule has 96 valence electrons. The average Bonchev–Trinajstić information content (AvgIpc) is 2.77. The normalized spacial score (nSPS) is 39.9. The van der Waals surface area contributed by atoms with E-state index in [9.17, 15) is 4.79 Å². The fourth-order valence-corrected chi connectivity index (χ4v) is 5.13. The molecule has 18 heavy (non-hydrogen) atoms. The highest BCUT2D eigenvalue weighted by Crippen LogP contribution is 2.71. The third-order valence-electron chi connectivity index (χ3n) is 4.97. The molecule has 4 unspecified atom stereocenters. The number of thioether (sulfide) groups is 1. The number of nitrogens with zero attached hydrogens (tertiary/aromatic N) is 2. The number of hydrogen-bond acceptors (Lipinski definition) is 3. The molecule has 0 amide bonds. The quantitative estimate of drug-likeness (QED) is 0.848. The summed E-state index contributed by atoms with van der Waals surface area (Å²) in [6, 6.07) is 0.620. The molecule has 1 aromatic heterocycles. The fraction of sp³-hybridized carbons (Fsp3) is 0.692. The summed E-state index contributed by atoms with van der Waals surface area (Å²) in [6.07, 6.45) is 8.11. The molecule has 3 fully saturated rings. The van der Waals surface area contributed by atoms with Gasteiger partial charge in [0.15, 0.2) is 5.16 Å². The number of hydrogen-bond donors (Lipinski definition) is 1. The van der Waals surface area contributed by atoms with Crippen molar-refractivity contribution in [1.82, 2.24) is 9.55 Å². The number of carbonyl (C=O) groups is 1. The smallest absolute Gasteiger partial charge is 0.313 e. The number of carboxylic acids is 1. The van der Waals surface area contributed by atoms with E-state index in [0.717, 1.165) is 28.8 Å². The lowest BCUT2D eigenvalue weighted by Crippen LogP contribution is -2.06. The van der Waals surface area contributed by atoms with Crippen LogP contribution in [-0.4, -0.2) is 26.4 Å². The van der Waals surface area contributed by atoms with Gasteiger partial charge < -0.3 is 9.67 Å². The number of rotatable bonds is 4. The first-order chi connectivity index (χ1) is 8.75. The minimum Gasteiger partial charge on any atom is -0.481 e. The predicted octanol–water partition coefficient (Wildman–Crippen LogP) is 2.28. The molecule has 0 aliphatic heterocycles. The second-order valence-electron chi connectivity index (χ2n) is 5.78. The van der Waals surface area contributed by atoms with E-state index < -0.39 is 5.97 Å². The predicted molar refractivity (Wildman–Crippen MR) is 67.4 cm³/mol. The van der Waals surface area contributed by atoms with E-state index in [2.05, 4.69) is 9.55 Å². The van der Waals surface area contributed by atoms with Crippen molar-refractivity contribution < 1.29 is 9.90 Å². The Morgan fingerprint density at radius 1 is 1.44 bits per heavy atom. The number of fused-ring (bicyclic) bond motifs is 5. The molecule has 2 bridgehead atoms. The molecule has 4 nitrogen and oxygen atoms in total. The largest absolute Gasteiger partial charge is 0.481 e. The Kier molecular flexibility index (Phi) is 2.28. The van der Waals surface area contributed by atoms with Crippen LogP contribution in [0, 0.1) is 23.7 Å². The SMILES string of the molecule is O=C(O)CSc1nccn1C1C2C3CCC(C3)C21. The number of carboxylic acid groups (broad SMARTS) is 1. The highest BCUT2D eigenvalue weighted by molar-refractivity contribution is 7.99. The van der Waals surface area contributed by atoms with Gasteiger partial charge in [0.1, 0.15) is 0 Å². The van der Waals surface area contributed by atoms with Crippen LogP contribution in [0.3, 0.4) is 0 Å². The molecule has 0 radical (unpaired) electrons. The summed E-state index contributed by atoms with van der Waals surface area (Å²) in [4.78, 5) is 15.0. The Morgan fingerprint density at radius 2 is 2.17 bits per heavy atom. The van der Waals surface area contributed by atoms with Crippen molar-refractivity contribution in [3.63, 3.8) is 0 Å². The van der Waals surface area contributed by atoms with E-state index in [4.69, 9.17) is 5.11 Å². The molecule has 3 saturated carbocycles. The van der Waals surface area contributed by atoms with Crippen molar-refractivity contribution >= 4 is 17.7 Å². The minimum absolute atomic E-state index is 0.103. The van der Waals surface area contributed by atoms with Crippen molar-refractivity contribution in [2.75, 3.05) is 5.75 Å². The molecule has 1 heterocycles. The number of imidazole rings is 1. The molecular weight excluding hydrogens is 248 g/mol. The van der Waals surface area contributed by atoms with Gasteiger partial charge in [-0.05, 0) is 42.9 Å². The second kappa shape index (κ2) is 3.76. The Morgan fingerprint density at radius 3 is 2.83 bits per heavy atom. The summed E-state index contributed by atoms with van der Waals surface area (Å²) in [5.41, 5.74) is 0. The summed E-state index contributed by atoms with van der Waals surface area (Å²) in [5, 5.41) is 9.64. The van der Waals surface area contributed by atoms with Crippen LogP contribution < -0.4 is 0 Å². The highest BCUT2D eigenvalue weighted by Gasteiger charge is 2.65. The zero-order valence-corrected chi connectivity index (χ0v) is 10.8. The number of aliphatic carboxylic acids is 1. The van der Waals surface area contributed by atoms with Crippen LogP contribution in [0.4, 0.5) is 0 Å². The van der Waals surface area contributed by atoms with Crippen LogP contribution in [0.5, 0.6) is 0 Å². The van der Waals surface area contributed by atoms with Crippen molar-refractivity contribution in [2.45, 2.75) is 30.5 Å². The summed E-state index contributed by atoms with van der Waals surface area (Å²) in [7, 11) is 0. The maximum absolute atomic E-state index is 10.6. The van der Waals surface area contributed by atoms with Gasteiger partial charge in [-0.25, -0.2) is 4.98 Å². The molecule has 4 atom stereocenters. The molecule has 0 spiro atoms. The van der Waals surface area contributed by atoms with E-state index in [0.29, 0.717) is 6.04 Å². The van der Waals surface area contributed by atoms with Crippen LogP contribution in [0.25, 0.3) is 0 Å². The van der Waals surface area contributed by atoms with Crippen LogP contribution in [0.1, 0.15) is 25.3 Å². The van der Waals surface area contributed by atoms with Crippen molar-refractivity contribution in [2.24, 2.45) is 23.7 Å². The first kappa shape index (κ1) is 10.9.